The molecule has 6 unspecified atom stereocenters. The molecule has 0 aromatic heterocycles. The molecule has 1 heterocycles. The summed E-state index contributed by atoms with van der Waals surface area (Å²) in [6, 6.07) is 17.7. The molecular formula is C27H36O6. The summed E-state index contributed by atoms with van der Waals surface area (Å²) in [5.74, 6) is 0.798. The summed E-state index contributed by atoms with van der Waals surface area (Å²) in [6.07, 6.45) is 0.0771. The second kappa shape index (κ2) is 12.9. The van der Waals surface area contributed by atoms with Crippen molar-refractivity contribution in [3.8, 4) is 5.75 Å². The molecule has 0 amide bonds. The molecule has 3 N–H and O–H groups in total. The summed E-state index contributed by atoms with van der Waals surface area (Å²) < 4.78 is 17.9. The lowest BCUT2D eigenvalue weighted by Gasteiger charge is -2.42. The number of ether oxygens (including phenoxy) is 3. The molecule has 3 rings (SSSR count). The molecule has 0 bridgehead atoms. The first-order valence-electron chi connectivity index (χ1n) is 11.7. The smallest absolute Gasteiger partial charge is 0.229 e. The molecule has 6 heteroatoms. The zero-order valence-corrected chi connectivity index (χ0v) is 19.3. The van der Waals surface area contributed by atoms with E-state index >= 15 is 0 Å². The Bertz CT molecular complexity index is 824. The van der Waals surface area contributed by atoms with Gasteiger partial charge in [-0.3, -0.25) is 0 Å². The van der Waals surface area contributed by atoms with Gasteiger partial charge in [0.15, 0.2) is 0 Å². The molecule has 0 radical (unpaired) electrons. The van der Waals surface area contributed by atoms with Gasteiger partial charge in [-0.1, -0.05) is 61.9 Å². The molecule has 6 atom stereocenters. The van der Waals surface area contributed by atoms with E-state index in [0.717, 1.165) is 31.2 Å². The van der Waals surface area contributed by atoms with Crippen LogP contribution >= 0.6 is 0 Å². The molecule has 1 aliphatic rings. The molecular weight excluding hydrogens is 420 g/mol. The van der Waals surface area contributed by atoms with Gasteiger partial charge in [-0.15, -0.1) is 6.58 Å². The van der Waals surface area contributed by atoms with Crippen LogP contribution in [0.25, 0.3) is 0 Å². The van der Waals surface area contributed by atoms with Crippen molar-refractivity contribution in [2.24, 2.45) is 5.92 Å². The summed E-state index contributed by atoms with van der Waals surface area (Å²) in [4.78, 5) is 0. The summed E-state index contributed by atoms with van der Waals surface area (Å²) in [6.45, 7) is 5.84. The van der Waals surface area contributed by atoms with Crippen LogP contribution < -0.4 is 4.74 Å². The van der Waals surface area contributed by atoms with E-state index in [1.807, 2.05) is 48.5 Å². The Kier molecular flexibility index (Phi) is 9.91. The Morgan fingerprint density at radius 3 is 2.39 bits per heavy atom. The van der Waals surface area contributed by atoms with E-state index in [4.69, 9.17) is 14.2 Å². The number of aliphatic hydroxyl groups is 3. The SMILES string of the molecule is C=CCc1ccc(OC2OC(CO)C(O)C(O)C2OCC(CCC)Cc2ccccc2)cc1. The second-order valence-corrected chi connectivity index (χ2v) is 8.60. The van der Waals surface area contributed by atoms with Gasteiger partial charge >= 0.3 is 0 Å². The van der Waals surface area contributed by atoms with Crippen LogP contribution in [0, 0.1) is 5.92 Å². The predicted octanol–water partition coefficient (Wildman–Crippen LogP) is 3.28. The highest BCUT2D eigenvalue weighted by Crippen LogP contribution is 2.28. The van der Waals surface area contributed by atoms with Gasteiger partial charge in [0.25, 0.3) is 0 Å². The zero-order valence-electron chi connectivity index (χ0n) is 19.3. The third kappa shape index (κ3) is 7.13. The second-order valence-electron chi connectivity index (χ2n) is 8.60. The third-order valence-electron chi connectivity index (χ3n) is 5.97. The molecule has 0 saturated carbocycles. The zero-order chi connectivity index (χ0) is 23.6. The van der Waals surface area contributed by atoms with Crippen LogP contribution in [0.15, 0.2) is 67.3 Å². The number of benzene rings is 2. The highest BCUT2D eigenvalue weighted by atomic mass is 16.7. The van der Waals surface area contributed by atoms with Crippen LogP contribution in [0.2, 0.25) is 0 Å². The Labute approximate surface area is 196 Å². The maximum atomic E-state index is 10.8. The maximum Gasteiger partial charge on any atom is 0.229 e. The fraction of sp³-hybridized carbons (Fsp3) is 0.481. The average Bonchev–Trinajstić information content (AvgIpc) is 2.83. The summed E-state index contributed by atoms with van der Waals surface area (Å²) >= 11 is 0. The van der Waals surface area contributed by atoms with Crippen LogP contribution in [0.5, 0.6) is 5.75 Å². The van der Waals surface area contributed by atoms with Gasteiger partial charge in [0.05, 0.1) is 13.2 Å². The Morgan fingerprint density at radius 1 is 1.03 bits per heavy atom. The number of hydrogen-bond donors (Lipinski definition) is 3. The van der Waals surface area contributed by atoms with E-state index in [1.165, 1.54) is 5.56 Å². The number of rotatable bonds is 12. The van der Waals surface area contributed by atoms with E-state index in [9.17, 15) is 15.3 Å². The number of allylic oxidation sites excluding steroid dienone is 1. The van der Waals surface area contributed by atoms with Crippen molar-refractivity contribution >= 4 is 0 Å². The number of hydrogen-bond acceptors (Lipinski definition) is 6. The van der Waals surface area contributed by atoms with Crippen LogP contribution in [0.1, 0.15) is 30.9 Å². The van der Waals surface area contributed by atoms with Crippen molar-refractivity contribution in [2.45, 2.75) is 63.3 Å². The topological polar surface area (TPSA) is 88.4 Å². The van der Waals surface area contributed by atoms with E-state index in [1.54, 1.807) is 0 Å². The summed E-state index contributed by atoms with van der Waals surface area (Å²) in [7, 11) is 0. The fourth-order valence-corrected chi connectivity index (χ4v) is 4.18. The normalized spacial score (nSPS) is 26.0. The lowest BCUT2D eigenvalue weighted by Crippen LogP contribution is -2.61. The average molecular weight is 457 g/mol. The third-order valence-corrected chi connectivity index (χ3v) is 5.97. The first kappa shape index (κ1) is 25.4. The lowest BCUT2D eigenvalue weighted by atomic mass is 9.95. The monoisotopic (exact) mass is 456 g/mol. The van der Waals surface area contributed by atoms with Crippen molar-refractivity contribution in [1.29, 1.82) is 0 Å². The van der Waals surface area contributed by atoms with Gasteiger partial charge in [0.1, 0.15) is 30.2 Å². The van der Waals surface area contributed by atoms with Gasteiger partial charge < -0.3 is 29.5 Å². The van der Waals surface area contributed by atoms with Crippen molar-refractivity contribution in [1.82, 2.24) is 0 Å². The van der Waals surface area contributed by atoms with Gasteiger partial charge in [-0.25, -0.2) is 0 Å². The molecule has 2 aromatic rings. The Balaban J connectivity index is 1.71. The van der Waals surface area contributed by atoms with Crippen LogP contribution in [0.4, 0.5) is 0 Å². The first-order chi connectivity index (χ1) is 16.0. The summed E-state index contributed by atoms with van der Waals surface area (Å²) in [5.41, 5.74) is 2.33. The van der Waals surface area contributed by atoms with Gasteiger partial charge in [-0.05, 0) is 48.4 Å². The largest absolute Gasteiger partial charge is 0.462 e. The fourth-order valence-electron chi connectivity index (χ4n) is 4.18. The van der Waals surface area contributed by atoms with E-state index in [2.05, 4.69) is 25.6 Å². The number of aliphatic hydroxyl groups excluding tert-OH is 3. The van der Waals surface area contributed by atoms with Gasteiger partial charge in [0, 0.05) is 0 Å². The molecule has 33 heavy (non-hydrogen) atoms. The molecule has 0 aliphatic carbocycles. The van der Waals surface area contributed by atoms with Crippen molar-refractivity contribution in [3.63, 3.8) is 0 Å². The molecule has 180 valence electrons. The molecule has 1 fully saturated rings. The van der Waals surface area contributed by atoms with E-state index < -0.39 is 37.3 Å². The van der Waals surface area contributed by atoms with Crippen LogP contribution in [0.3, 0.4) is 0 Å². The quantitative estimate of drug-likeness (QED) is 0.425. The van der Waals surface area contributed by atoms with Gasteiger partial charge in [0.2, 0.25) is 6.29 Å². The van der Waals surface area contributed by atoms with Crippen LogP contribution in [-0.2, 0) is 22.3 Å². The Hall–Kier alpha value is -2.22. The van der Waals surface area contributed by atoms with Crippen molar-refractivity contribution < 1.29 is 29.5 Å². The minimum atomic E-state index is -1.27. The molecule has 0 spiro atoms. The lowest BCUT2D eigenvalue weighted by molar-refractivity contribution is -0.289. The first-order valence-corrected chi connectivity index (χ1v) is 11.7. The van der Waals surface area contributed by atoms with E-state index in [-0.39, 0.29) is 5.92 Å². The highest BCUT2D eigenvalue weighted by molar-refractivity contribution is 5.28. The van der Waals surface area contributed by atoms with Crippen LogP contribution in [-0.4, -0.2) is 59.2 Å². The molecule has 1 aliphatic heterocycles. The predicted molar refractivity (Wildman–Crippen MR) is 127 cm³/mol. The molecule has 6 nitrogen and oxygen atoms in total. The maximum absolute atomic E-state index is 10.8. The molecule has 1 saturated heterocycles. The molecule has 2 aromatic carbocycles. The minimum Gasteiger partial charge on any atom is -0.462 e. The minimum absolute atomic E-state index is 0.246. The summed E-state index contributed by atoms with van der Waals surface area (Å²) in [5, 5.41) is 30.8. The van der Waals surface area contributed by atoms with E-state index in [0.29, 0.717) is 12.4 Å². The van der Waals surface area contributed by atoms with Gasteiger partial charge in [-0.2, -0.15) is 0 Å². The Morgan fingerprint density at radius 2 is 1.76 bits per heavy atom. The van der Waals surface area contributed by atoms with Crippen molar-refractivity contribution in [3.05, 3.63) is 78.4 Å². The highest BCUT2D eigenvalue weighted by Gasteiger charge is 2.46. The van der Waals surface area contributed by atoms with Crippen molar-refractivity contribution in [2.75, 3.05) is 13.2 Å². The standard InChI is InChI=1S/C27H36O6/c1-3-8-19-12-14-22(15-13-19)32-27-26(25(30)24(29)23(17-28)33-27)31-18-21(9-4-2)16-20-10-6-5-7-11-20/h3,5-7,10-15,21,23-30H,1,4,8-9,16-18H2,2H3.